The van der Waals surface area contributed by atoms with Crippen LogP contribution < -0.4 is 5.73 Å². The lowest BCUT2D eigenvalue weighted by atomic mass is 10.1. The summed E-state index contributed by atoms with van der Waals surface area (Å²) in [4.78, 5) is 0.00361. The van der Waals surface area contributed by atoms with Gasteiger partial charge in [0.1, 0.15) is 6.04 Å². The maximum absolute atomic E-state index is 13.1. The van der Waals surface area contributed by atoms with Crippen LogP contribution in [-0.2, 0) is 16.6 Å². The van der Waals surface area contributed by atoms with Crippen LogP contribution in [0.15, 0.2) is 29.2 Å². The molecule has 0 aliphatic carbocycles. The molecule has 168 valence electrons. The van der Waals surface area contributed by atoms with E-state index in [1.165, 1.54) is 28.6 Å². The average molecular weight is 441 g/mol. The van der Waals surface area contributed by atoms with Crippen LogP contribution in [0.25, 0.3) is 0 Å². The molecule has 0 unspecified atom stereocenters. The van der Waals surface area contributed by atoms with E-state index < -0.39 is 34.9 Å². The minimum Gasteiger partial charge on any atom is -0.395 e. The Balaban J connectivity index is 3.03. The molecule has 0 aromatic heterocycles. The van der Waals surface area contributed by atoms with Gasteiger partial charge in [-0.2, -0.15) is 17.5 Å². The van der Waals surface area contributed by atoms with Gasteiger partial charge in [-0.3, -0.25) is 0 Å². The molecule has 0 heterocycles. The van der Waals surface area contributed by atoms with Gasteiger partial charge in [-0.1, -0.05) is 26.0 Å². The smallest absolute Gasteiger partial charge is 0.395 e. The van der Waals surface area contributed by atoms with Crippen molar-refractivity contribution in [1.29, 1.82) is 0 Å². The predicted octanol–water partition coefficient (Wildman–Crippen LogP) is 2.64. The first-order chi connectivity index (χ1) is 13.4. The van der Waals surface area contributed by atoms with Gasteiger partial charge in [-0.15, -0.1) is 0 Å². The molecule has 2 atom stereocenters. The van der Waals surface area contributed by atoms with Gasteiger partial charge in [-0.05, 0) is 49.3 Å². The van der Waals surface area contributed by atoms with E-state index in [-0.39, 0.29) is 43.2 Å². The van der Waals surface area contributed by atoms with Crippen molar-refractivity contribution in [2.75, 3.05) is 13.2 Å². The fourth-order valence-corrected chi connectivity index (χ4v) is 4.51. The summed E-state index contributed by atoms with van der Waals surface area (Å²) < 4.78 is 65.3. The number of halogens is 3. The van der Waals surface area contributed by atoms with E-state index in [1.807, 2.05) is 13.8 Å². The van der Waals surface area contributed by atoms with Gasteiger partial charge < -0.3 is 15.9 Å². The lowest BCUT2D eigenvalue weighted by Crippen LogP contribution is -2.44. The summed E-state index contributed by atoms with van der Waals surface area (Å²) in [5.74, 6) is 0.197. The monoisotopic (exact) mass is 440 g/mol. The predicted molar refractivity (Wildman–Crippen MR) is 104 cm³/mol. The Kier molecular flexibility index (Phi) is 10.0. The zero-order valence-electron chi connectivity index (χ0n) is 16.8. The first-order valence-electron chi connectivity index (χ1n) is 9.58. The maximum atomic E-state index is 13.1. The molecule has 1 rings (SSSR count). The van der Waals surface area contributed by atoms with Crippen molar-refractivity contribution in [3.05, 3.63) is 29.8 Å². The minimum absolute atomic E-state index is 0.00361. The number of aliphatic hydroxyl groups is 2. The standard InChI is InChI=1S/C19H31F3N2O4S/c1-14(2)10-11-24(16(13-26)4-3-5-18(23)19(20,21)22)29(27,28)17-8-6-15(12-25)7-9-17/h6-9,14,16,18,25-26H,3-5,10-13,23H2,1-2H3/t16-,18+/m0/s1. The SMILES string of the molecule is CC(C)CCN([C@H](CO)CCC[C@@H](N)C(F)(F)F)S(=O)(=O)c1ccc(CO)cc1. The van der Waals surface area contributed by atoms with Crippen molar-refractivity contribution in [3.63, 3.8) is 0 Å². The zero-order valence-corrected chi connectivity index (χ0v) is 17.6. The second-order valence-electron chi connectivity index (χ2n) is 7.52. The number of hydrogen-bond acceptors (Lipinski definition) is 5. The molecule has 4 N–H and O–H groups in total. The molecule has 0 fully saturated rings. The van der Waals surface area contributed by atoms with Crippen molar-refractivity contribution in [3.8, 4) is 0 Å². The largest absolute Gasteiger partial charge is 0.403 e. The maximum Gasteiger partial charge on any atom is 0.403 e. The summed E-state index contributed by atoms with van der Waals surface area (Å²) in [6.45, 7) is 3.26. The van der Waals surface area contributed by atoms with Crippen molar-refractivity contribution in [2.24, 2.45) is 11.7 Å². The van der Waals surface area contributed by atoms with Gasteiger partial charge in [-0.25, -0.2) is 8.42 Å². The minimum atomic E-state index is -4.51. The molecule has 0 radical (unpaired) electrons. The van der Waals surface area contributed by atoms with Gasteiger partial charge in [0.25, 0.3) is 0 Å². The highest BCUT2D eigenvalue weighted by Crippen LogP contribution is 2.25. The molecular formula is C19H31F3N2O4S. The number of sulfonamides is 1. The number of nitrogens with zero attached hydrogens (tertiary/aromatic N) is 1. The van der Waals surface area contributed by atoms with Crippen LogP contribution in [0.1, 0.15) is 45.1 Å². The van der Waals surface area contributed by atoms with Gasteiger partial charge in [0, 0.05) is 12.6 Å². The van der Waals surface area contributed by atoms with Gasteiger partial charge in [0.15, 0.2) is 0 Å². The molecule has 0 bridgehead atoms. The van der Waals surface area contributed by atoms with Crippen LogP contribution in [0.5, 0.6) is 0 Å². The van der Waals surface area contributed by atoms with E-state index >= 15 is 0 Å². The van der Waals surface area contributed by atoms with Crippen molar-refractivity contribution >= 4 is 10.0 Å². The molecular weight excluding hydrogens is 409 g/mol. The van der Waals surface area contributed by atoms with Crippen LogP contribution in [-0.4, -0.2) is 54.3 Å². The molecule has 0 saturated heterocycles. The Bertz CT molecular complexity index is 709. The molecule has 6 nitrogen and oxygen atoms in total. The van der Waals surface area contributed by atoms with E-state index in [2.05, 4.69) is 0 Å². The highest BCUT2D eigenvalue weighted by molar-refractivity contribution is 7.89. The Morgan fingerprint density at radius 1 is 1.07 bits per heavy atom. The Morgan fingerprint density at radius 3 is 2.10 bits per heavy atom. The Hall–Kier alpha value is -1.20. The molecule has 1 aromatic carbocycles. The third-order valence-corrected chi connectivity index (χ3v) is 6.70. The fraction of sp³-hybridized carbons (Fsp3) is 0.684. The Labute approximate surface area is 170 Å². The number of alkyl halides is 3. The lowest BCUT2D eigenvalue weighted by Gasteiger charge is -2.31. The number of hydrogen-bond donors (Lipinski definition) is 3. The summed E-state index contributed by atoms with van der Waals surface area (Å²) in [5, 5.41) is 18.9. The molecule has 0 aliphatic heterocycles. The highest BCUT2D eigenvalue weighted by Gasteiger charge is 2.37. The van der Waals surface area contributed by atoms with E-state index in [1.54, 1.807) is 0 Å². The molecule has 29 heavy (non-hydrogen) atoms. The summed E-state index contributed by atoms with van der Waals surface area (Å²) in [6.07, 6.45) is -4.22. The van der Waals surface area contributed by atoms with Gasteiger partial charge in [0.2, 0.25) is 10.0 Å². The third kappa shape index (κ3) is 7.86. The fourth-order valence-electron chi connectivity index (χ4n) is 2.85. The van der Waals surface area contributed by atoms with Crippen LogP contribution in [0.2, 0.25) is 0 Å². The van der Waals surface area contributed by atoms with Gasteiger partial charge >= 0.3 is 6.18 Å². The number of benzene rings is 1. The van der Waals surface area contributed by atoms with Crippen molar-refractivity contribution < 1.29 is 31.8 Å². The normalized spacial score (nSPS) is 15.1. The van der Waals surface area contributed by atoms with Gasteiger partial charge in [0.05, 0.1) is 18.1 Å². The highest BCUT2D eigenvalue weighted by atomic mass is 32.2. The lowest BCUT2D eigenvalue weighted by molar-refractivity contribution is -0.149. The Morgan fingerprint density at radius 2 is 1.66 bits per heavy atom. The van der Waals surface area contributed by atoms with Crippen molar-refractivity contribution in [2.45, 2.75) is 69.3 Å². The second kappa shape index (κ2) is 11.3. The van der Waals surface area contributed by atoms with Crippen molar-refractivity contribution in [1.82, 2.24) is 4.31 Å². The third-order valence-electron chi connectivity index (χ3n) is 4.73. The number of aliphatic hydroxyl groups excluding tert-OH is 2. The van der Waals surface area contributed by atoms with Crippen LogP contribution >= 0.6 is 0 Å². The molecule has 0 saturated carbocycles. The molecule has 10 heteroatoms. The summed E-state index contributed by atoms with van der Waals surface area (Å²) in [6, 6.07) is 2.90. The molecule has 0 spiro atoms. The summed E-state index contributed by atoms with van der Waals surface area (Å²) in [7, 11) is -3.97. The van der Waals surface area contributed by atoms with Crippen LogP contribution in [0, 0.1) is 5.92 Å². The van der Waals surface area contributed by atoms with E-state index in [0.717, 1.165) is 0 Å². The molecule has 0 amide bonds. The summed E-state index contributed by atoms with van der Waals surface area (Å²) in [5.41, 5.74) is 5.67. The quantitative estimate of drug-likeness (QED) is 0.464. The van der Waals surface area contributed by atoms with E-state index in [9.17, 15) is 26.7 Å². The first-order valence-corrected chi connectivity index (χ1v) is 11.0. The number of rotatable bonds is 12. The average Bonchev–Trinajstić information content (AvgIpc) is 2.65. The van der Waals surface area contributed by atoms with Crippen LogP contribution in [0.3, 0.4) is 0 Å². The molecule has 0 aliphatic rings. The topological polar surface area (TPSA) is 104 Å². The number of nitrogens with two attached hydrogens (primary N) is 1. The van der Waals surface area contributed by atoms with Crippen LogP contribution in [0.4, 0.5) is 13.2 Å². The zero-order chi connectivity index (χ0) is 22.2. The second-order valence-corrected chi connectivity index (χ2v) is 9.41. The molecule has 1 aromatic rings. The van der Waals surface area contributed by atoms with E-state index in [4.69, 9.17) is 10.8 Å². The first kappa shape index (κ1) is 25.8. The summed E-state index contributed by atoms with van der Waals surface area (Å²) >= 11 is 0. The van der Waals surface area contributed by atoms with E-state index in [0.29, 0.717) is 12.0 Å².